The van der Waals surface area contributed by atoms with Crippen molar-refractivity contribution in [2.45, 2.75) is 0 Å². The Balaban J connectivity index is 2.66. The summed E-state index contributed by atoms with van der Waals surface area (Å²) < 4.78 is 5.28. The quantitative estimate of drug-likeness (QED) is 0.770. The molecule has 2 aromatic rings. The lowest BCUT2D eigenvalue weighted by molar-refractivity contribution is 0.112. The van der Waals surface area contributed by atoms with Gasteiger partial charge in [0.15, 0.2) is 6.29 Å². The third-order valence-corrected chi connectivity index (χ3v) is 2.77. The Bertz CT molecular complexity index is 550. The third-order valence-electron chi connectivity index (χ3n) is 2.54. The highest BCUT2D eigenvalue weighted by atomic mass is 35.5. The fourth-order valence-electron chi connectivity index (χ4n) is 1.73. The summed E-state index contributed by atoms with van der Waals surface area (Å²) in [6, 6.07) is 12.7. The Hall–Kier alpha value is -1.80. The maximum Gasteiger partial charge on any atom is 0.150 e. The number of carbonyl (C=O) groups is 1. The molecule has 0 aromatic heterocycles. The summed E-state index contributed by atoms with van der Waals surface area (Å²) >= 11 is 5.96. The molecule has 0 fully saturated rings. The molecule has 0 N–H and O–H groups in total. The molecule has 0 saturated carbocycles. The van der Waals surface area contributed by atoms with E-state index >= 15 is 0 Å². The molecule has 17 heavy (non-hydrogen) atoms. The number of rotatable bonds is 3. The molecule has 0 atom stereocenters. The minimum absolute atomic E-state index is 0.594. The van der Waals surface area contributed by atoms with Crippen LogP contribution in [0.2, 0.25) is 5.02 Å². The second-order valence-corrected chi connectivity index (χ2v) is 3.99. The summed E-state index contributed by atoms with van der Waals surface area (Å²) in [6.07, 6.45) is 0.818. The number of hydrogen-bond donors (Lipinski definition) is 0. The molecule has 0 aliphatic carbocycles. The van der Waals surface area contributed by atoms with Crippen LogP contribution in [0.3, 0.4) is 0 Å². The van der Waals surface area contributed by atoms with Crippen LogP contribution in [0.25, 0.3) is 11.1 Å². The van der Waals surface area contributed by atoms with Crippen LogP contribution in [0.15, 0.2) is 42.5 Å². The van der Waals surface area contributed by atoms with Crippen LogP contribution in [-0.4, -0.2) is 13.4 Å². The summed E-state index contributed by atoms with van der Waals surface area (Å²) in [6.45, 7) is 0. The minimum Gasteiger partial charge on any atom is -0.496 e. The van der Waals surface area contributed by atoms with Crippen molar-refractivity contribution in [3.63, 3.8) is 0 Å². The first-order chi connectivity index (χ1) is 8.26. The van der Waals surface area contributed by atoms with Gasteiger partial charge in [0.25, 0.3) is 0 Å². The van der Waals surface area contributed by atoms with Crippen molar-refractivity contribution < 1.29 is 9.53 Å². The van der Waals surface area contributed by atoms with Crippen LogP contribution < -0.4 is 4.74 Å². The lowest BCUT2D eigenvalue weighted by Gasteiger charge is -2.10. The molecule has 0 unspecified atom stereocenters. The monoisotopic (exact) mass is 246 g/mol. The normalized spacial score (nSPS) is 10.0. The van der Waals surface area contributed by atoms with Gasteiger partial charge in [-0.3, -0.25) is 4.79 Å². The van der Waals surface area contributed by atoms with E-state index in [0.29, 0.717) is 10.6 Å². The molecular formula is C14H11ClO2. The van der Waals surface area contributed by atoms with E-state index in [4.69, 9.17) is 16.3 Å². The van der Waals surface area contributed by atoms with Crippen LogP contribution in [0.5, 0.6) is 5.75 Å². The SMILES string of the molecule is COc1ccccc1-c1cc(Cl)ccc1C=O. The Morgan fingerprint density at radius 1 is 1.12 bits per heavy atom. The lowest BCUT2D eigenvalue weighted by Crippen LogP contribution is -1.91. The van der Waals surface area contributed by atoms with E-state index in [0.717, 1.165) is 23.2 Å². The molecular weight excluding hydrogens is 236 g/mol. The predicted octanol–water partition coefficient (Wildman–Crippen LogP) is 3.83. The van der Waals surface area contributed by atoms with Crippen LogP contribution in [-0.2, 0) is 0 Å². The van der Waals surface area contributed by atoms with E-state index in [-0.39, 0.29) is 0 Å². The average Bonchev–Trinajstić information content (AvgIpc) is 2.38. The first-order valence-corrected chi connectivity index (χ1v) is 5.52. The number of methoxy groups -OCH3 is 1. The molecule has 2 nitrogen and oxygen atoms in total. The van der Waals surface area contributed by atoms with E-state index in [1.165, 1.54) is 0 Å². The van der Waals surface area contributed by atoms with Gasteiger partial charge in [-0.15, -0.1) is 0 Å². The van der Waals surface area contributed by atoms with Gasteiger partial charge in [-0.05, 0) is 29.8 Å². The molecule has 3 heteroatoms. The zero-order chi connectivity index (χ0) is 12.3. The predicted molar refractivity (Wildman–Crippen MR) is 68.8 cm³/mol. The zero-order valence-corrected chi connectivity index (χ0v) is 10.1. The number of benzene rings is 2. The Morgan fingerprint density at radius 2 is 1.88 bits per heavy atom. The van der Waals surface area contributed by atoms with Crippen molar-refractivity contribution in [1.29, 1.82) is 0 Å². The Kier molecular flexibility index (Phi) is 3.45. The summed E-state index contributed by atoms with van der Waals surface area (Å²) in [5, 5.41) is 0.594. The first kappa shape index (κ1) is 11.7. The van der Waals surface area contributed by atoms with Crippen LogP contribution in [0, 0.1) is 0 Å². The second kappa shape index (κ2) is 5.02. The summed E-state index contributed by atoms with van der Waals surface area (Å²) in [5.74, 6) is 0.720. The Labute approximate surface area is 105 Å². The first-order valence-electron chi connectivity index (χ1n) is 5.14. The molecule has 0 radical (unpaired) electrons. The fraction of sp³-hybridized carbons (Fsp3) is 0.0714. The molecule has 0 aliphatic heterocycles. The lowest BCUT2D eigenvalue weighted by atomic mass is 9.99. The highest BCUT2D eigenvalue weighted by molar-refractivity contribution is 6.31. The minimum atomic E-state index is 0.594. The smallest absolute Gasteiger partial charge is 0.150 e. The van der Waals surface area contributed by atoms with Crippen molar-refractivity contribution in [3.05, 3.63) is 53.1 Å². The molecule has 0 heterocycles. The maximum atomic E-state index is 11.0. The van der Waals surface area contributed by atoms with Crippen molar-refractivity contribution in [3.8, 4) is 16.9 Å². The number of para-hydroxylation sites is 1. The van der Waals surface area contributed by atoms with Gasteiger partial charge in [-0.1, -0.05) is 29.8 Å². The zero-order valence-electron chi connectivity index (χ0n) is 9.31. The second-order valence-electron chi connectivity index (χ2n) is 3.55. The molecule has 0 saturated heterocycles. The third kappa shape index (κ3) is 2.32. The van der Waals surface area contributed by atoms with E-state index in [2.05, 4.69) is 0 Å². The van der Waals surface area contributed by atoms with Crippen LogP contribution >= 0.6 is 11.6 Å². The molecule has 86 valence electrons. The van der Waals surface area contributed by atoms with Crippen molar-refractivity contribution in [1.82, 2.24) is 0 Å². The van der Waals surface area contributed by atoms with Gasteiger partial charge in [0.1, 0.15) is 5.75 Å². The van der Waals surface area contributed by atoms with Gasteiger partial charge in [-0.25, -0.2) is 0 Å². The van der Waals surface area contributed by atoms with Crippen LogP contribution in [0.1, 0.15) is 10.4 Å². The topological polar surface area (TPSA) is 26.3 Å². The fourth-order valence-corrected chi connectivity index (χ4v) is 1.90. The van der Waals surface area contributed by atoms with Crippen LogP contribution in [0.4, 0.5) is 0 Å². The van der Waals surface area contributed by atoms with Gasteiger partial charge < -0.3 is 4.74 Å². The number of halogens is 1. The molecule has 0 spiro atoms. The van der Waals surface area contributed by atoms with Crippen molar-refractivity contribution >= 4 is 17.9 Å². The molecule has 0 aliphatic rings. The number of aldehydes is 1. The van der Waals surface area contributed by atoms with Gasteiger partial charge in [0.2, 0.25) is 0 Å². The highest BCUT2D eigenvalue weighted by Gasteiger charge is 2.09. The molecule has 0 bridgehead atoms. The van der Waals surface area contributed by atoms with E-state index < -0.39 is 0 Å². The van der Waals surface area contributed by atoms with E-state index in [9.17, 15) is 4.79 Å². The van der Waals surface area contributed by atoms with Gasteiger partial charge >= 0.3 is 0 Å². The average molecular weight is 247 g/mol. The number of hydrogen-bond acceptors (Lipinski definition) is 2. The largest absolute Gasteiger partial charge is 0.496 e. The summed E-state index contributed by atoms with van der Waals surface area (Å²) in [5.41, 5.74) is 2.24. The van der Waals surface area contributed by atoms with E-state index in [1.807, 2.05) is 24.3 Å². The van der Waals surface area contributed by atoms with Gasteiger partial charge in [0.05, 0.1) is 7.11 Å². The molecule has 0 amide bonds. The van der Waals surface area contributed by atoms with Crippen molar-refractivity contribution in [2.75, 3.05) is 7.11 Å². The number of carbonyl (C=O) groups excluding carboxylic acids is 1. The van der Waals surface area contributed by atoms with Crippen molar-refractivity contribution in [2.24, 2.45) is 0 Å². The molecule has 2 rings (SSSR count). The Morgan fingerprint density at radius 3 is 2.59 bits per heavy atom. The maximum absolute atomic E-state index is 11.0. The molecule has 2 aromatic carbocycles. The summed E-state index contributed by atoms with van der Waals surface area (Å²) in [7, 11) is 1.60. The van der Waals surface area contributed by atoms with Gasteiger partial charge in [0, 0.05) is 16.1 Å². The highest BCUT2D eigenvalue weighted by Crippen LogP contribution is 2.33. The van der Waals surface area contributed by atoms with Gasteiger partial charge in [-0.2, -0.15) is 0 Å². The number of ether oxygens (including phenoxy) is 1. The summed E-state index contributed by atoms with van der Waals surface area (Å²) in [4.78, 5) is 11.0. The standard InChI is InChI=1S/C14H11ClO2/c1-17-14-5-3-2-4-12(14)13-8-11(15)7-6-10(13)9-16/h2-9H,1H3. The van der Waals surface area contributed by atoms with E-state index in [1.54, 1.807) is 25.3 Å².